The molecule has 9 nitrogen and oxygen atoms in total. The molecule has 0 aromatic carbocycles. The molecule has 1 unspecified atom stereocenters. The number of hydrogen-bond donors (Lipinski definition) is 3. The van der Waals surface area contributed by atoms with E-state index in [1.54, 1.807) is 11.5 Å². The number of aliphatic carboxylic acids is 1. The Labute approximate surface area is 122 Å². The molecule has 1 rings (SSSR count). The van der Waals surface area contributed by atoms with Crippen molar-refractivity contribution in [1.29, 1.82) is 0 Å². The summed E-state index contributed by atoms with van der Waals surface area (Å²) in [5, 5.41) is 8.63. The highest BCUT2D eigenvalue weighted by atomic mass is 32.2. The maximum atomic E-state index is 12.1. The van der Waals surface area contributed by atoms with Gasteiger partial charge in [0.25, 0.3) is 10.0 Å². The van der Waals surface area contributed by atoms with E-state index in [1.807, 2.05) is 11.6 Å². The van der Waals surface area contributed by atoms with Gasteiger partial charge >= 0.3 is 5.97 Å². The predicted molar refractivity (Wildman–Crippen MR) is 72.8 cm³/mol. The highest BCUT2D eigenvalue weighted by Crippen LogP contribution is 2.11. The topological polar surface area (TPSA) is 144 Å². The molecular weight excluding hydrogens is 300 g/mol. The van der Waals surface area contributed by atoms with Crippen LogP contribution in [0.3, 0.4) is 0 Å². The molecule has 4 N–H and O–H groups in total. The van der Waals surface area contributed by atoms with E-state index in [-0.39, 0.29) is 5.03 Å². The van der Waals surface area contributed by atoms with Crippen LogP contribution in [0.25, 0.3) is 0 Å². The number of nitrogens with two attached hydrogens (primary N) is 1. The van der Waals surface area contributed by atoms with Crippen LogP contribution in [0.1, 0.15) is 25.6 Å². The number of hydrogen-bond acceptors (Lipinski definition) is 5. The molecule has 21 heavy (non-hydrogen) atoms. The summed E-state index contributed by atoms with van der Waals surface area (Å²) in [6.07, 6.45) is 1.48. The Hall–Kier alpha value is -1.94. The number of primary amides is 1. The highest BCUT2D eigenvalue weighted by Gasteiger charge is 2.28. The molecule has 0 aliphatic carbocycles. The summed E-state index contributed by atoms with van der Waals surface area (Å²) in [5.41, 5.74) is 4.90. The molecule has 10 heteroatoms. The maximum Gasteiger partial charge on any atom is 0.322 e. The van der Waals surface area contributed by atoms with Crippen molar-refractivity contribution in [2.24, 2.45) is 5.73 Å². The van der Waals surface area contributed by atoms with Crippen LogP contribution in [0.5, 0.6) is 0 Å². The number of nitrogens with zero attached hydrogens (tertiary/aromatic N) is 2. The van der Waals surface area contributed by atoms with E-state index in [2.05, 4.69) is 4.98 Å². The van der Waals surface area contributed by atoms with Gasteiger partial charge in [0.2, 0.25) is 5.91 Å². The first-order valence-electron chi connectivity index (χ1n) is 6.24. The van der Waals surface area contributed by atoms with Crippen LogP contribution in [-0.2, 0) is 26.2 Å². The Kier molecular flexibility index (Phi) is 5.44. The third-order valence-electron chi connectivity index (χ3n) is 2.69. The number of carbonyl (C=O) groups excluding carboxylic acids is 1. The van der Waals surface area contributed by atoms with Crippen LogP contribution in [-0.4, -0.2) is 41.0 Å². The molecule has 0 fully saturated rings. The number of imidazole rings is 1. The minimum absolute atomic E-state index is 0.288. The third-order valence-corrected chi connectivity index (χ3v) is 4.04. The van der Waals surface area contributed by atoms with Gasteiger partial charge in [0, 0.05) is 12.7 Å². The monoisotopic (exact) mass is 318 g/mol. The molecule has 1 amide bonds. The zero-order valence-corrected chi connectivity index (χ0v) is 12.6. The number of aromatic nitrogens is 2. The standard InChI is InChI=1S/C11H18N4O5S/c1-3-4-15-6-10(13-7(15)2)21(19,20)14-8(11(17)18)5-9(12)16/h6,8,14H,3-5H2,1-2H3,(H2,12,16)(H,17,18). The van der Waals surface area contributed by atoms with E-state index < -0.39 is 34.4 Å². The second kappa shape index (κ2) is 6.68. The third kappa shape index (κ3) is 4.53. The van der Waals surface area contributed by atoms with Crippen LogP contribution >= 0.6 is 0 Å². The number of nitrogens with one attached hydrogen (secondary N) is 1. The second-order valence-corrected chi connectivity index (χ2v) is 6.16. The largest absolute Gasteiger partial charge is 0.480 e. The van der Waals surface area contributed by atoms with Crippen LogP contribution in [0.4, 0.5) is 0 Å². The maximum absolute atomic E-state index is 12.1. The molecule has 0 bridgehead atoms. The lowest BCUT2D eigenvalue weighted by Gasteiger charge is -2.11. The lowest BCUT2D eigenvalue weighted by atomic mass is 10.2. The zero-order chi connectivity index (χ0) is 16.2. The van der Waals surface area contributed by atoms with Crippen molar-refractivity contribution in [3.05, 3.63) is 12.0 Å². The fourth-order valence-corrected chi connectivity index (χ4v) is 2.90. The first-order chi connectivity index (χ1) is 9.67. The summed E-state index contributed by atoms with van der Waals surface area (Å²) in [6.45, 7) is 4.17. The van der Waals surface area contributed by atoms with Crippen molar-refractivity contribution in [3.63, 3.8) is 0 Å². The first-order valence-corrected chi connectivity index (χ1v) is 7.73. The molecular formula is C11H18N4O5S. The molecule has 1 heterocycles. The van der Waals surface area contributed by atoms with E-state index in [9.17, 15) is 18.0 Å². The molecule has 1 aromatic rings. The summed E-state index contributed by atoms with van der Waals surface area (Å²) in [5.74, 6) is -1.90. The van der Waals surface area contributed by atoms with Crippen molar-refractivity contribution in [3.8, 4) is 0 Å². The van der Waals surface area contributed by atoms with Crippen LogP contribution in [0.15, 0.2) is 11.2 Å². The van der Waals surface area contributed by atoms with E-state index in [0.29, 0.717) is 12.4 Å². The zero-order valence-electron chi connectivity index (χ0n) is 11.7. The Morgan fingerprint density at radius 3 is 2.62 bits per heavy atom. The summed E-state index contributed by atoms with van der Waals surface area (Å²) < 4.78 is 27.8. The summed E-state index contributed by atoms with van der Waals surface area (Å²) in [7, 11) is -4.14. The van der Waals surface area contributed by atoms with Crippen molar-refractivity contribution >= 4 is 21.9 Å². The summed E-state index contributed by atoms with van der Waals surface area (Å²) in [6, 6.07) is -1.62. The number of carbonyl (C=O) groups is 2. The number of rotatable bonds is 8. The van der Waals surface area contributed by atoms with E-state index in [1.165, 1.54) is 6.20 Å². The van der Waals surface area contributed by atoms with Crippen LogP contribution in [0.2, 0.25) is 0 Å². The van der Waals surface area contributed by atoms with E-state index in [0.717, 1.165) is 6.42 Å². The molecule has 0 saturated carbocycles. The molecule has 1 aromatic heterocycles. The normalized spacial score (nSPS) is 13.0. The molecule has 0 aliphatic heterocycles. The van der Waals surface area contributed by atoms with Crippen molar-refractivity contribution in [2.45, 2.75) is 44.3 Å². The summed E-state index contributed by atoms with van der Waals surface area (Å²) in [4.78, 5) is 25.6. The average molecular weight is 318 g/mol. The lowest BCUT2D eigenvalue weighted by Crippen LogP contribution is -2.43. The van der Waals surface area contributed by atoms with Crippen molar-refractivity contribution in [2.75, 3.05) is 0 Å². The van der Waals surface area contributed by atoms with E-state index >= 15 is 0 Å². The van der Waals surface area contributed by atoms with E-state index in [4.69, 9.17) is 10.8 Å². The van der Waals surface area contributed by atoms with Crippen molar-refractivity contribution in [1.82, 2.24) is 14.3 Å². The molecule has 118 valence electrons. The number of carboxylic acid groups (broad SMARTS) is 1. The molecule has 0 aliphatic rings. The average Bonchev–Trinajstić information content (AvgIpc) is 2.70. The lowest BCUT2D eigenvalue weighted by molar-refractivity contribution is -0.140. The number of amides is 1. The van der Waals surface area contributed by atoms with Gasteiger partial charge < -0.3 is 15.4 Å². The first kappa shape index (κ1) is 17.1. The number of sulfonamides is 1. The molecule has 0 spiro atoms. The van der Waals surface area contributed by atoms with Gasteiger partial charge in [0.1, 0.15) is 11.9 Å². The van der Waals surface area contributed by atoms with Crippen LogP contribution in [0, 0.1) is 6.92 Å². The minimum atomic E-state index is -4.14. The van der Waals surface area contributed by atoms with Gasteiger partial charge in [0.15, 0.2) is 5.03 Å². The Balaban J connectivity index is 3.01. The highest BCUT2D eigenvalue weighted by molar-refractivity contribution is 7.89. The summed E-state index contributed by atoms with van der Waals surface area (Å²) >= 11 is 0. The molecule has 0 radical (unpaired) electrons. The second-order valence-electron chi connectivity index (χ2n) is 4.50. The van der Waals surface area contributed by atoms with Crippen molar-refractivity contribution < 1.29 is 23.1 Å². The molecule has 0 saturated heterocycles. The van der Waals surface area contributed by atoms with Gasteiger partial charge in [-0.2, -0.15) is 4.72 Å². The van der Waals surface area contributed by atoms with Gasteiger partial charge in [-0.3, -0.25) is 9.59 Å². The van der Waals surface area contributed by atoms with Gasteiger partial charge in [0.05, 0.1) is 6.42 Å². The Bertz CT molecular complexity index is 637. The number of aryl methyl sites for hydroxylation is 2. The van der Waals surface area contributed by atoms with Gasteiger partial charge in [-0.15, -0.1) is 0 Å². The number of carboxylic acids is 1. The Morgan fingerprint density at radius 2 is 2.14 bits per heavy atom. The van der Waals surface area contributed by atoms with Gasteiger partial charge in [-0.1, -0.05) is 6.92 Å². The molecule has 1 atom stereocenters. The van der Waals surface area contributed by atoms with Crippen LogP contribution < -0.4 is 10.5 Å². The fourth-order valence-electron chi connectivity index (χ4n) is 1.70. The van der Waals surface area contributed by atoms with Gasteiger partial charge in [-0.25, -0.2) is 13.4 Å². The fraction of sp³-hybridized carbons (Fsp3) is 0.545. The quantitative estimate of drug-likeness (QED) is 0.572. The predicted octanol–water partition coefficient (Wildman–Crippen LogP) is -0.792. The SMILES string of the molecule is CCCn1cc(S(=O)(=O)NC(CC(N)=O)C(=O)O)nc1C. The minimum Gasteiger partial charge on any atom is -0.480 e. The smallest absolute Gasteiger partial charge is 0.322 e. The Morgan fingerprint density at radius 1 is 1.52 bits per heavy atom. The van der Waals surface area contributed by atoms with Gasteiger partial charge in [-0.05, 0) is 13.3 Å².